The van der Waals surface area contributed by atoms with E-state index < -0.39 is 0 Å². The molecule has 0 saturated heterocycles. The van der Waals surface area contributed by atoms with Gasteiger partial charge in [0, 0.05) is 18.0 Å². The second-order valence-corrected chi connectivity index (χ2v) is 6.20. The van der Waals surface area contributed by atoms with Crippen LogP contribution in [0, 0.1) is 12.7 Å². The summed E-state index contributed by atoms with van der Waals surface area (Å²) in [6.07, 6.45) is 2.79. The highest BCUT2D eigenvalue weighted by Gasteiger charge is 2.33. The Balaban J connectivity index is 1.96. The molecule has 1 aliphatic carbocycles. The van der Waals surface area contributed by atoms with Crippen LogP contribution in [-0.4, -0.2) is 29.4 Å². The third-order valence-electron chi connectivity index (χ3n) is 3.63. The number of hydrogen-bond donors (Lipinski definition) is 2. The fourth-order valence-electron chi connectivity index (χ4n) is 2.48. The van der Waals surface area contributed by atoms with Gasteiger partial charge in [-0.3, -0.25) is 0 Å². The minimum Gasteiger partial charge on any atom is -0.488 e. The molecule has 1 fully saturated rings. The molecule has 112 valence electrons. The van der Waals surface area contributed by atoms with Crippen LogP contribution in [0.1, 0.15) is 38.7 Å². The summed E-state index contributed by atoms with van der Waals surface area (Å²) < 4.78 is 19.4. The van der Waals surface area contributed by atoms with E-state index in [0.29, 0.717) is 12.5 Å². The highest BCUT2D eigenvalue weighted by Crippen LogP contribution is 2.26. The molecular weight excluding hydrogens is 257 g/mol. The van der Waals surface area contributed by atoms with E-state index in [4.69, 9.17) is 4.74 Å². The maximum atomic E-state index is 13.7. The summed E-state index contributed by atoms with van der Waals surface area (Å²) in [4.78, 5) is 0. The zero-order chi connectivity index (χ0) is 14.8. The molecule has 1 aromatic rings. The fourth-order valence-corrected chi connectivity index (χ4v) is 2.48. The number of halogens is 1. The lowest BCUT2D eigenvalue weighted by Gasteiger charge is -2.32. The first-order valence-electron chi connectivity index (χ1n) is 7.23. The maximum Gasteiger partial charge on any atom is 0.165 e. The third kappa shape index (κ3) is 4.18. The number of aliphatic hydroxyl groups is 1. The van der Waals surface area contributed by atoms with Gasteiger partial charge in [0.15, 0.2) is 11.6 Å². The molecule has 1 saturated carbocycles. The van der Waals surface area contributed by atoms with E-state index in [1.165, 1.54) is 6.07 Å². The molecule has 0 bridgehead atoms. The van der Waals surface area contributed by atoms with E-state index in [9.17, 15) is 9.50 Å². The predicted octanol–water partition coefficient (Wildman–Crippen LogP) is 2.79. The standard InChI is InChI=1S/C16H24FNO2/c1-11-4-7-14(17)15(8-11)20-12(2)9-16(3,10-19)18-13-5-6-13/h4,7-8,12-13,18-19H,5-6,9-10H2,1-3H3. The lowest BCUT2D eigenvalue weighted by molar-refractivity contribution is 0.106. The summed E-state index contributed by atoms with van der Waals surface area (Å²) in [5.41, 5.74) is 0.593. The van der Waals surface area contributed by atoms with E-state index in [1.54, 1.807) is 12.1 Å². The van der Waals surface area contributed by atoms with Gasteiger partial charge < -0.3 is 15.2 Å². The van der Waals surface area contributed by atoms with Crippen molar-refractivity contribution in [1.29, 1.82) is 0 Å². The zero-order valence-corrected chi connectivity index (χ0v) is 12.4. The van der Waals surface area contributed by atoms with Crippen LogP contribution in [0.15, 0.2) is 18.2 Å². The van der Waals surface area contributed by atoms with Crippen molar-refractivity contribution >= 4 is 0 Å². The van der Waals surface area contributed by atoms with Crippen molar-refractivity contribution in [2.24, 2.45) is 0 Å². The summed E-state index contributed by atoms with van der Waals surface area (Å²) in [5, 5.41) is 13.0. The molecule has 2 rings (SSSR count). The molecule has 20 heavy (non-hydrogen) atoms. The van der Waals surface area contributed by atoms with Crippen LogP contribution in [0.3, 0.4) is 0 Å². The number of rotatable bonds is 7. The summed E-state index contributed by atoms with van der Waals surface area (Å²) in [7, 11) is 0. The molecule has 2 atom stereocenters. The Morgan fingerprint density at radius 1 is 1.50 bits per heavy atom. The van der Waals surface area contributed by atoms with Gasteiger partial charge in [-0.1, -0.05) is 6.07 Å². The first-order valence-corrected chi connectivity index (χ1v) is 7.23. The first-order chi connectivity index (χ1) is 9.42. The van der Waals surface area contributed by atoms with Crippen molar-refractivity contribution in [3.05, 3.63) is 29.6 Å². The van der Waals surface area contributed by atoms with Crippen LogP contribution in [0.2, 0.25) is 0 Å². The Bertz CT molecular complexity index is 462. The fraction of sp³-hybridized carbons (Fsp3) is 0.625. The average Bonchev–Trinajstić information content (AvgIpc) is 3.17. The van der Waals surface area contributed by atoms with Crippen LogP contribution in [0.5, 0.6) is 5.75 Å². The minimum absolute atomic E-state index is 0.0491. The third-order valence-corrected chi connectivity index (χ3v) is 3.63. The molecule has 0 aromatic heterocycles. The van der Waals surface area contributed by atoms with Crippen molar-refractivity contribution in [3.63, 3.8) is 0 Å². The molecule has 0 aliphatic heterocycles. The molecule has 0 spiro atoms. The monoisotopic (exact) mass is 281 g/mol. The van der Waals surface area contributed by atoms with Gasteiger partial charge in [0.2, 0.25) is 0 Å². The van der Waals surface area contributed by atoms with E-state index in [-0.39, 0.29) is 29.8 Å². The maximum absolute atomic E-state index is 13.7. The molecule has 3 nitrogen and oxygen atoms in total. The van der Waals surface area contributed by atoms with Crippen molar-refractivity contribution in [2.75, 3.05) is 6.61 Å². The van der Waals surface area contributed by atoms with Gasteiger partial charge in [-0.2, -0.15) is 0 Å². The molecule has 2 N–H and O–H groups in total. The summed E-state index contributed by atoms with van der Waals surface area (Å²) >= 11 is 0. The first kappa shape index (κ1) is 15.3. The SMILES string of the molecule is Cc1ccc(F)c(OC(C)CC(C)(CO)NC2CC2)c1. The number of ether oxygens (including phenoxy) is 1. The Kier molecular flexibility index (Phi) is 4.66. The normalized spacial score (nSPS) is 19.4. The van der Waals surface area contributed by atoms with Crippen LogP contribution < -0.4 is 10.1 Å². The van der Waals surface area contributed by atoms with Gasteiger partial charge in [0.25, 0.3) is 0 Å². The largest absolute Gasteiger partial charge is 0.488 e. The molecule has 0 heterocycles. The molecule has 4 heteroatoms. The van der Waals surface area contributed by atoms with Crippen LogP contribution in [0.4, 0.5) is 4.39 Å². The Morgan fingerprint density at radius 3 is 2.80 bits per heavy atom. The van der Waals surface area contributed by atoms with E-state index in [2.05, 4.69) is 5.32 Å². The Labute approximate surface area is 120 Å². The highest BCUT2D eigenvalue weighted by molar-refractivity contribution is 5.29. The molecule has 2 unspecified atom stereocenters. The van der Waals surface area contributed by atoms with Crippen molar-refractivity contribution < 1.29 is 14.2 Å². The second-order valence-electron chi connectivity index (χ2n) is 6.20. The molecule has 0 amide bonds. The lowest BCUT2D eigenvalue weighted by atomic mass is 9.95. The molecule has 1 aromatic carbocycles. The number of benzene rings is 1. The molecule has 1 aliphatic rings. The highest BCUT2D eigenvalue weighted by atomic mass is 19.1. The number of aryl methyl sites for hydroxylation is 1. The molecular formula is C16H24FNO2. The summed E-state index contributed by atoms with van der Waals surface area (Å²) in [6.45, 7) is 5.85. The van der Waals surface area contributed by atoms with E-state index >= 15 is 0 Å². The zero-order valence-electron chi connectivity index (χ0n) is 12.4. The number of nitrogens with one attached hydrogen (secondary N) is 1. The summed E-state index contributed by atoms with van der Waals surface area (Å²) in [5.74, 6) is -0.0625. The van der Waals surface area contributed by atoms with Gasteiger partial charge in [0.1, 0.15) is 0 Å². The second kappa shape index (κ2) is 6.10. The van der Waals surface area contributed by atoms with Gasteiger partial charge in [0.05, 0.1) is 12.7 Å². The lowest BCUT2D eigenvalue weighted by Crippen LogP contribution is -2.49. The van der Waals surface area contributed by atoms with Crippen molar-refractivity contribution in [2.45, 2.75) is 57.7 Å². The number of hydrogen-bond acceptors (Lipinski definition) is 3. The van der Waals surface area contributed by atoms with Crippen LogP contribution in [0.25, 0.3) is 0 Å². The smallest absolute Gasteiger partial charge is 0.165 e. The quantitative estimate of drug-likeness (QED) is 0.807. The Hall–Kier alpha value is -1.13. The Morgan fingerprint density at radius 2 is 2.20 bits per heavy atom. The van der Waals surface area contributed by atoms with E-state index in [0.717, 1.165) is 18.4 Å². The van der Waals surface area contributed by atoms with Crippen molar-refractivity contribution in [3.8, 4) is 5.75 Å². The van der Waals surface area contributed by atoms with Gasteiger partial charge >= 0.3 is 0 Å². The average molecular weight is 281 g/mol. The van der Waals surface area contributed by atoms with E-state index in [1.807, 2.05) is 20.8 Å². The van der Waals surface area contributed by atoms with Crippen LogP contribution in [-0.2, 0) is 0 Å². The van der Waals surface area contributed by atoms with Crippen LogP contribution >= 0.6 is 0 Å². The minimum atomic E-state index is -0.374. The predicted molar refractivity (Wildman–Crippen MR) is 77.5 cm³/mol. The van der Waals surface area contributed by atoms with Crippen molar-refractivity contribution in [1.82, 2.24) is 5.32 Å². The summed E-state index contributed by atoms with van der Waals surface area (Å²) in [6, 6.07) is 5.36. The van der Waals surface area contributed by atoms with Gasteiger partial charge in [-0.25, -0.2) is 4.39 Å². The number of aliphatic hydroxyl groups excluding tert-OH is 1. The molecule has 0 radical (unpaired) electrons. The van der Waals surface area contributed by atoms with Gasteiger partial charge in [-0.15, -0.1) is 0 Å². The topological polar surface area (TPSA) is 41.5 Å². The van der Waals surface area contributed by atoms with Gasteiger partial charge in [-0.05, 0) is 51.3 Å².